The summed E-state index contributed by atoms with van der Waals surface area (Å²) in [7, 11) is 1.59. The van der Waals surface area contributed by atoms with Crippen LogP contribution in [0.4, 0.5) is 0 Å². The molecule has 1 amide bonds. The van der Waals surface area contributed by atoms with Crippen molar-refractivity contribution < 1.29 is 14.3 Å². The Hall–Kier alpha value is -3.27. The van der Waals surface area contributed by atoms with Crippen molar-refractivity contribution in [3.05, 3.63) is 77.9 Å². The topological polar surface area (TPSA) is 61.5 Å². The predicted octanol–water partition coefficient (Wildman–Crippen LogP) is 3.93. The molecule has 0 aliphatic rings. The average Bonchev–Trinajstić information content (AvgIpc) is 2.64. The first-order valence-corrected chi connectivity index (χ1v) is 7.92. The monoisotopic (exact) mass is 333 g/mol. The number of methoxy groups -OCH3 is 1. The number of fused-ring (bicyclic) bond motifs is 1. The van der Waals surface area contributed by atoms with E-state index in [2.05, 4.69) is 24.3 Å². The van der Waals surface area contributed by atoms with Crippen LogP contribution in [0.15, 0.2) is 66.7 Å². The molecule has 0 aliphatic carbocycles. The summed E-state index contributed by atoms with van der Waals surface area (Å²) in [5.74, 6) is 0.758. The predicted molar refractivity (Wildman–Crippen MR) is 99.5 cm³/mol. The zero-order valence-corrected chi connectivity index (χ0v) is 13.9. The molecular weight excluding hydrogens is 314 g/mol. The molecule has 0 bridgehead atoms. The van der Waals surface area contributed by atoms with Gasteiger partial charge in [0.15, 0.2) is 11.5 Å². The van der Waals surface area contributed by atoms with Gasteiger partial charge in [0.1, 0.15) is 6.61 Å². The van der Waals surface area contributed by atoms with Crippen LogP contribution in [0.1, 0.15) is 11.1 Å². The van der Waals surface area contributed by atoms with E-state index in [1.54, 1.807) is 19.3 Å². The number of carbonyl (C=O) groups is 1. The quantitative estimate of drug-likeness (QED) is 0.695. The summed E-state index contributed by atoms with van der Waals surface area (Å²) in [5.41, 5.74) is 7.04. The molecule has 0 fully saturated rings. The highest BCUT2D eigenvalue weighted by Gasteiger charge is 2.07. The van der Waals surface area contributed by atoms with Crippen LogP contribution in [0.25, 0.3) is 16.8 Å². The van der Waals surface area contributed by atoms with Gasteiger partial charge >= 0.3 is 0 Å². The Bertz CT molecular complexity index is 926. The first-order valence-electron chi connectivity index (χ1n) is 7.92. The van der Waals surface area contributed by atoms with Gasteiger partial charge in [-0.3, -0.25) is 4.79 Å². The molecule has 3 rings (SSSR count). The Balaban J connectivity index is 1.81. The smallest absolute Gasteiger partial charge is 0.241 e. The number of benzene rings is 3. The minimum Gasteiger partial charge on any atom is -0.493 e. The van der Waals surface area contributed by atoms with E-state index in [9.17, 15) is 4.79 Å². The summed E-state index contributed by atoms with van der Waals surface area (Å²) in [5, 5.41) is 2.35. The van der Waals surface area contributed by atoms with Crippen molar-refractivity contribution in [1.29, 1.82) is 0 Å². The first-order chi connectivity index (χ1) is 12.2. The maximum Gasteiger partial charge on any atom is 0.241 e. The van der Waals surface area contributed by atoms with Gasteiger partial charge < -0.3 is 15.2 Å². The molecule has 2 N–H and O–H groups in total. The number of hydrogen-bond donors (Lipinski definition) is 1. The van der Waals surface area contributed by atoms with Crippen molar-refractivity contribution in [3.63, 3.8) is 0 Å². The van der Waals surface area contributed by atoms with E-state index in [1.165, 1.54) is 16.8 Å². The maximum atomic E-state index is 10.8. The lowest BCUT2D eigenvalue weighted by atomic mass is 10.1. The number of amides is 1. The third kappa shape index (κ3) is 3.98. The zero-order chi connectivity index (χ0) is 17.6. The summed E-state index contributed by atoms with van der Waals surface area (Å²) in [6, 6.07) is 19.8. The van der Waals surface area contributed by atoms with E-state index in [0.29, 0.717) is 18.1 Å². The molecule has 4 nitrogen and oxygen atoms in total. The molecule has 0 saturated carbocycles. The Morgan fingerprint density at radius 2 is 1.84 bits per heavy atom. The molecule has 0 saturated heterocycles. The summed E-state index contributed by atoms with van der Waals surface area (Å²) < 4.78 is 11.4. The van der Waals surface area contributed by atoms with Crippen LogP contribution in [-0.2, 0) is 11.4 Å². The zero-order valence-electron chi connectivity index (χ0n) is 13.9. The van der Waals surface area contributed by atoms with Gasteiger partial charge in [0.25, 0.3) is 0 Å². The molecule has 0 unspecified atom stereocenters. The minimum atomic E-state index is -0.491. The number of carbonyl (C=O) groups excluding carboxylic acids is 1. The van der Waals surface area contributed by atoms with Gasteiger partial charge in [-0.25, -0.2) is 0 Å². The van der Waals surface area contributed by atoms with Gasteiger partial charge in [-0.1, -0.05) is 48.5 Å². The van der Waals surface area contributed by atoms with Gasteiger partial charge in [-0.05, 0) is 40.1 Å². The number of nitrogens with two attached hydrogens (primary N) is 1. The lowest BCUT2D eigenvalue weighted by molar-refractivity contribution is -0.113. The minimum absolute atomic E-state index is 0.439. The molecular formula is C21H19NO3. The summed E-state index contributed by atoms with van der Waals surface area (Å²) in [4.78, 5) is 10.8. The summed E-state index contributed by atoms with van der Waals surface area (Å²) >= 11 is 0. The van der Waals surface area contributed by atoms with E-state index in [1.807, 2.05) is 30.3 Å². The van der Waals surface area contributed by atoms with Crippen molar-refractivity contribution in [3.8, 4) is 11.5 Å². The van der Waals surface area contributed by atoms with Crippen molar-refractivity contribution in [2.24, 2.45) is 5.73 Å². The van der Waals surface area contributed by atoms with Crippen molar-refractivity contribution in [2.75, 3.05) is 7.11 Å². The highest BCUT2D eigenvalue weighted by Crippen LogP contribution is 2.30. The third-order valence-corrected chi connectivity index (χ3v) is 3.89. The second-order valence-electron chi connectivity index (χ2n) is 5.57. The van der Waals surface area contributed by atoms with Gasteiger partial charge in [0.2, 0.25) is 5.91 Å². The van der Waals surface area contributed by atoms with E-state index >= 15 is 0 Å². The van der Waals surface area contributed by atoms with E-state index in [0.717, 1.165) is 11.1 Å². The fourth-order valence-corrected chi connectivity index (χ4v) is 2.66. The van der Waals surface area contributed by atoms with E-state index in [4.69, 9.17) is 15.2 Å². The highest BCUT2D eigenvalue weighted by atomic mass is 16.5. The van der Waals surface area contributed by atoms with Crippen molar-refractivity contribution in [2.45, 2.75) is 6.61 Å². The molecule has 0 heterocycles. The van der Waals surface area contributed by atoms with Crippen molar-refractivity contribution >= 4 is 22.8 Å². The third-order valence-electron chi connectivity index (χ3n) is 3.89. The number of ether oxygens (including phenoxy) is 2. The van der Waals surface area contributed by atoms with Crippen LogP contribution in [0, 0.1) is 0 Å². The standard InChI is InChI=1S/C21H19NO3/c1-24-20-13-15(10-12-21(22)23)9-11-19(20)25-14-17-7-4-6-16-5-2-3-8-18(16)17/h2-13H,14H2,1H3,(H2,22,23)/b12-10+. The molecule has 0 atom stereocenters. The molecule has 25 heavy (non-hydrogen) atoms. The Morgan fingerprint density at radius 3 is 2.64 bits per heavy atom. The van der Waals surface area contributed by atoms with Gasteiger partial charge in [-0.15, -0.1) is 0 Å². The fraction of sp³-hybridized carbons (Fsp3) is 0.0952. The van der Waals surface area contributed by atoms with E-state index in [-0.39, 0.29) is 0 Å². The average molecular weight is 333 g/mol. The largest absolute Gasteiger partial charge is 0.493 e. The fourth-order valence-electron chi connectivity index (χ4n) is 2.66. The van der Waals surface area contributed by atoms with Gasteiger partial charge in [0.05, 0.1) is 7.11 Å². The second kappa shape index (κ2) is 7.53. The van der Waals surface area contributed by atoms with Gasteiger partial charge in [-0.2, -0.15) is 0 Å². The highest BCUT2D eigenvalue weighted by molar-refractivity contribution is 5.90. The van der Waals surface area contributed by atoms with Crippen LogP contribution in [-0.4, -0.2) is 13.0 Å². The number of rotatable bonds is 6. The second-order valence-corrected chi connectivity index (χ2v) is 5.57. The molecule has 3 aromatic carbocycles. The Labute approximate surface area is 146 Å². The normalized spacial score (nSPS) is 10.9. The summed E-state index contributed by atoms with van der Waals surface area (Å²) in [6.07, 6.45) is 2.95. The number of hydrogen-bond acceptors (Lipinski definition) is 3. The lowest BCUT2D eigenvalue weighted by Crippen LogP contribution is -2.05. The summed E-state index contributed by atoms with van der Waals surface area (Å²) in [6.45, 7) is 0.439. The molecule has 4 heteroatoms. The van der Waals surface area contributed by atoms with Crippen LogP contribution < -0.4 is 15.2 Å². The van der Waals surface area contributed by atoms with Crippen molar-refractivity contribution in [1.82, 2.24) is 0 Å². The van der Waals surface area contributed by atoms with Gasteiger partial charge in [0, 0.05) is 6.08 Å². The molecule has 0 spiro atoms. The maximum absolute atomic E-state index is 10.8. The van der Waals surface area contributed by atoms with Crippen LogP contribution in [0.5, 0.6) is 11.5 Å². The Morgan fingerprint density at radius 1 is 1.04 bits per heavy atom. The van der Waals surface area contributed by atoms with Crippen LogP contribution in [0.2, 0.25) is 0 Å². The van der Waals surface area contributed by atoms with Crippen LogP contribution in [0.3, 0.4) is 0 Å². The molecule has 0 radical (unpaired) electrons. The molecule has 126 valence electrons. The SMILES string of the molecule is COc1cc(/C=C/C(N)=O)ccc1OCc1cccc2ccccc12. The molecule has 0 aromatic heterocycles. The molecule has 3 aromatic rings. The van der Waals surface area contributed by atoms with Crippen LogP contribution >= 0.6 is 0 Å². The lowest BCUT2D eigenvalue weighted by Gasteiger charge is -2.12. The van der Waals surface area contributed by atoms with E-state index < -0.39 is 5.91 Å². The Kier molecular flexibility index (Phi) is 5.00. The number of primary amides is 1. The molecule has 0 aliphatic heterocycles. The first kappa shape index (κ1) is 16.6.